The first kappa shape index (κ1) is 19.5. The molecule has 6 nitrogen and oxygen atoms in total. The number of thioether (sulfide) groups is 1. The lowest BCUT2D eigenvalue weighted by atomic mass is 10.2. The average Bonchev–Trinajstić information content (AvgIpc) is 3.32. The van der Waals surface area contributed by atoms with E-state index in [0.717, 1.165) is 11.3 Å². The largest absolute Gasteiger partial charge is 0.461 e. The SMILES string of the molecule is CCN(CC)C(=O)CSc1nnc(-c2ccco2)n1-c1cc(Cl)ccc1C. The fourth-order valence-electron chi connectivity index (χ4n) is 2.76. The van der Waals surface area contributed by atoms with Gasteiger partial charge in [0.15, 0.2) is 10.9 Å². The molecule has 3 aromatic rings. The zero-order valence-electron chi connectivity index (χ0n) is 15.5. The molecule has 142 valence electrons. The number of rotatable bonds is 7. The fourth-order valence-corrected chi connectivity index (χ4v) is 3.78. The second-order valence-electron chi connectivity index (χ2n) is 5.90. The molecule has 0 unspecified atom stereocenters. The summed E-state index contributed by atoms with van der Waals surface area (Å²) in [5, 5.41) is 9.84. The molecule has 1 amide bonds. The van der Waals surface area contributed by atoms with Gasteiger partial charge >= 0.3 is 0 Å². The van der Waals surface area contributed by atoms with Crippen LogP contribution in [0.3, 0.4) is 0 Å². The van der Waals surface area contributed by atoms with Crippen molar-refractivity contribution in [2.24, 2.45) is 0 Å². The molecule has 27 heavy (non-hydrogen) atoms. The van der Waals surface area contributed by atoms with Crippen LogP contribution in [0.2, 0.25) is 5.02 Å². The number of aromatic nitrogens is 3. The summed E-state index contributed by atoms with van der Waals surface area (Å²) in [6.07, 6.45) is 1.59. The normalized spacial score (nSPS) is 11.0. The highest BCUT2D eigenvalue weighted by Gasteiger charge is 2.21. The Bertz CT molecular complexity index is 920. The maximum Gasteiger partial charge on any atom is 0.233 e. The van der Waals surface area contributed by atoms with E-state index in [1.54, 1.807) is 17.2 Å². The number of carbonyl (C=O) groups excluding carboxylic acids is 1. The van der Waals surface area contributed by atoms with Crippen molar-refractivity contribution in [1.29, 1.82) is 0 Å². The Kier molecular flexibility index (Phi) is 6.23. The Labute approximate surface area is 167 Å². The second-order valence-corrected chi connectivity index (χ2v) is 7.28. The predicted octanol–water partition coefficient (Wildman–Crippen LogP) is 4.45. The zero-order chi connectivity index (χ0) is 19.4. The van der Waals surface area contributed by atoms with Crippen LogP contribution in [0.4, 0.5) is 0 Å². The smallest absolute Gasteiger partial charge is 0.233 e. The third-order valence-electron chi connectivity index (χ3n) is 4.23. The van der Waals surface area contributed by atoms with E-state index in [1.807, 2.05) is 49.6 Å². The van der Waals surface area contributed by atoms with Crippen molar-refractivity contribution in [3.8, 4) is 17.3 Å². The van der Waals surface area contributed by atoms with E-state index in [-0.39, 0.29) is 11.7 Å². The second kappa shape index (κ2) is 8.63. The van der Waals surface area contributed by atoms with Gasteiger partial charge in [0, 0.05) is 18.1 Å². The topological polar surface area (TPSA) is 64.2 Å². The van der Waals surface area contributed by atoms with Gasteiger partial charge in [-0.15, -0.1) is 10.2 Å². The van der Waals surface area contributed by atoms with Gasteiger partial charge in [0.25, 0.3) is 0 Å². The Morgan fingerprint density at radius 1 is 1.26 bits per heavy atom. The molecule has 0 aliphatic carbocycles. The Hall–Kier alpha value is -2.25. The van der Waals surface area contributed by atoms with Gasteiger partial charge in [-0.3, -0.25) is 9.36 Å². The molecule has 1 aromatic carbocycles. The van der Waals surface area contributed by atoms with Gasteiger partial charge in [-0.05, 0) is 50.6 Å². The molecule has 0 aliphatic heterocycles. The zero-order valence-corrected chi connectivity index (χ0v) is 17.0. The number of nitrogens with zero attached hydrogens (tertiary/aromatic N) is 4. The Morgan fingerprint density at radius 3 is 2.70 bits per heavy atom. The van der Waals surface area contributed by atoms with Gasteiger partial charge < -0.3 is 9.32 Å². The number of halogens is 1. The van der Waals surface area contributed by atoms with Crippen LogP contribution in [0.15, 0.2) is 46.2 Å². The van der Waals surface area contributed by atoms with Crippen LogP contribution in [-0.2, 0) is 4.79 Å². The molecule has 0 bridgehead atoms. The van der Waals surface area contributed by atoms with E-state index >= 15 is 0 Å². The van der Waals surface area contributed by atoms with Crippen molar-refractivity contribution >= 4 is 29.3 Å². The highest BCUT2D eigenvalue weighted by atomic mass is 35.5. The van der Waals surface area contributed by atoms with Crippen molar-refractivity contribution in [2.75, 3.05) is 18.8 Å². The quantitative estimate of drug-likeness (QED) is 0.544. The summed E-state index contributed by atoms with van der Waals surface area (Å²) in [6, 6.07) is 9.28. The summed E-state index contributed by atoms with van der Waals surface area (Å²) in [4.78, 5) is 14.2. The summed E-state index contributed by atoms with van der Waals surface area (Å²) in [5.74, 6) is 1.53. The molecule has 0 radical (unpaired) electrons. The minimum Gasteiger partial charge on any atom is -0.461 e. The number of amides is 1. The van der Waals surface area contributed by atoms with Gasteiger partial charge in [0.05, 0.1) is 17.7 Å². The molecule has 0 saturated heterocycles. The monoisotopic (exact) mass is 404 g/mol. The third kappa shape index (κ3) is 4.20. The van der Waals surface area contributed by atoms with E-state index in [1.165, 1.54) is 11.8 Å². The lowest BCUT2D eigenvalue weighted by molar-refractivity contribution is -0.127. The molecule has 0 saturated carbocycles. The lowest BCUT2D eigenvalue weighted by Crippen LogP contribution is -2.31. The molecule has 0 spiro atoms. The molecule has 0 N–H and O–H groups in total. The standard InChI is InChI=1S/C19H21ClN4O2S/c1-4-23(5-2)17(25)12-27-19-22-21-18(16-7-6-10-26-16)24(19)15-11-14(20)9-8-13(15)3/h6-11H,4-5,12H2,1-3H3. The molecule has 2 aromatic heterocycles. The molecule has 3 rings (SSSR count). The Morgan fingerprint density at radius 2 is 2.04 bits per heavy atom. The van der Waals surface area contributed by atoms with Crippen molar-refractivity contribution in [1.82, 2.24) is 19.7 Å². The van der Waals surface area contributed by atoms with Crippen molar-refractivity contribution in [2.45, 2.75) is 25.9 Å². The maximum atomic E-state index is 12.4. The van der Waals surface area contributed by atoms with E-state index in [2.05, 4.69) is 10.2 Å². The van der Waals surface area contributed by atoms with Gasteiger partial charge in [0.1, 0.15) is 0 Å². The predicted molar refractivity (Wildman–Crippen MR) is 107 cm³/mol. The third-order valence-corrected chi connectivity index (χ3v) is 5.38. The van der Waals surface area contributed by atoms with Gasteiger partial charge in [-0.25, -0.2) is 0 Å². The van der Waals surface area contributed by atoms with E-state index in [0.29, 0.717) is 34.9 Å². The molecule has 2 heterocycles. The van der Waals surface area contributed by atoms with E-state index in [9.17, 15) is 4.79 Å². The van der Waals surface area contributed by atoms with Crippen LogP contribution in [0.25, 0.3) is 17.3 Å². The highest BCUT2D eigenvalue weighted by molar-refractivity contribution is 7.99. The molecule has 0 fully saturated rings. The number of carbonyl (C=O) groups is 1. The molecular weight excluding hydrogens is 384 g/mol. The van der Waals surface area contributed by atoms with E-state index < -0.39 is 0 Å². The summed E-state index contributed by atoms with van der Waals surface area (Å²) in [7, 11) is 0. The average molecular weight is 405 g/mol. The highest BCUT2D eigenvalue weighted by Crippen LogP contribution is 2.31. The number of aryl methyl sites for hydroxylation is 1. The first-order chi connectivity index (χ1) is 13.0. The van der Waals surface area contributed by atoms with Crippen LogP contribution >= 0.6 is 23.4 Å². The van der Waals surface area contributed by atoms with E-state index in [4.69, 9.17) is 16.0 Å². The van der Waals surface area contributed by atoms with Gasteiger partial charge in [-0.2, -0.15) is 0 Å². The minimum absolute atomic E-state index is 0.0712. The van der Waals surface area contributed by atoms with Crippen molar-refractivity contribution in [3.63, 3.8) is 0 Å². The number of hydrogen-bond donors (Lipinski definition) is 0. The lowest BCUT2D eigenvalue weighted by Gasteiger charge is -2.18. The van der Waals surface area contributed by atoms with Crippen molar-refractivity contribution in [3.05, 3.63) is 47.2 Å². The molecule has 8 heteroatoms. The molecular formula is C19H21ClN4O2S. The first-order valence-electron chi connectivity index (χ1n) is 8.71. The van der Waals surface area contributed by atoms with Crippen LogP contribution < -0.4 is 0 Å². The molecule has 0 atom stereocenters. The Balaban J connectivity index is 2.00. The first-order valence-corrected chi connectivity index (χ1v) is 10.1. The number of hydrogen-bond acceptors (Lipinski definition) is 5. The van der Waals surface area contributed by atoms with Crippen molar-refractivity contribution < 1.29 is 9.21 Å². The summed E-state index contributed by atoms with van der Waals surface area (Å²) >= 11 is 7.58. The van der Waals surface area contributed by atoms with Crippen LogP contribution in [-0.4, -0.2) is 44.4 Å². The van der Waals surface area contributed by atoms with Crippen LogP contribution in [0, 0.1) is 6.92 Å². The fraction of sp³-hybridized carbons (Fsp3) is 0.316. The summed E-state index contributed by atoms with van der Waals surface area (Å²) in [5.41, 5.74) is 1.88. The summed E-state index contributed by atoms with van der Waals surface area (Å²) in [6.45, 7) is 7.31. The number of benzene rings is 1. The maximum absolute atomic E-state index is 12.4. The van der Waals surface area contributed by atoms with Gasteiger partial charge in [0.2, 0.25) is 11.7 Å². The van der Waals surface area contributed by atoms with Crippen LogP contribution in [0.5, 0.6) is 0 Å². The summed E-state index contributed by atoms with van der Waals surface area (Å²) < 4.78 is 7.41. The van der Waals surface area contributed by atoms with Gasteiger partial charge in [-0.1, -0.05) is 29.4 Å². The number of furan rings is 1. The minimum atomic E-state index is 0.0712. The van der Waals surface area contributed by atoms with Crippen LogP contribution in [0.1, 0.15) is 19.4 Å². The molecule has 0 aliphatic rings.